The summed E-state index contributed by atoms with van der Waals surface area (Å²) >= 11 is 0. The lowest BCUT2D eigenvalue weighted by Gasteiger charge is -2.19. The first kappa shape index (κ1) is 14.3. The van der Waals surface area contributed by atoms with E-state index in [0.29, 0.717) is 12.8 Å². The molecule has 0 aromatic carbocycles. The van der Waals surface area contributed by atoms with Crippen LogP contribution in [0.5, 0.6) is 0 Å². The first-order chi connectivity index (χ1) is 9.13. The summed E-state index contributed by atoms with van der Waals surface area (Å²) in [5, 5.41) is 12.2. The van der Waals surface area contributed by atoms with Crippen LogP contribution < -0.4 is 0 Å². The van der Waals surface area contributed by atoms with Crippen molar-refractivity contribution in [3.8, 4) is 6.07 Å². The van der Waals surface area contributed by atoms with Crippen molar-refractivity contribution in [1.82, 2.24) is 0 Å². The van der Waals surface area contributed by atoms with Gasteiger partial charge in [-0.15, -0.1) is 0 Å². The summed E-state index contributed by atoms with van der Waals surface area (Å²) in [6.45, 7) is 0. The van der Waals surface area contributed by atoms with Gasteiger partial charge in [0.25, 0.3) is 0 Å². The highest BCUT2D eigenvalue weighted by atomic mass is 32.2. The molecule has 2 aliphatic rings. The molecule has 0 aliphatic heterocycles. The highest BCUT2D eigenvalue weighted by molar-refractivity contribution is 7.87. The predicted octanol–water partition coefficient (Wildman–Crippen LogP) is 2.74. The third-order valence-corrected chi connectivity index (χ3v) is 5.63. The summed E-state index contributed by atoms with van der Waals surface area (Å²) in [4.78, 5) is 0. The van der Waals surface area contributed by atoms with E-state index in [9.17, 15) is 8.42 Å². The Bertz CT molecular complexity index is 467. The van der Waals surface area contributed by atoms with E-state index >= 15 is 0 Å². The van der Waals surface area contributed by atoms with Gasteiger partial charge in [0.05, 0.1) is 5.25 Å². The molecule has 0 aromatic heterocycles. The van der Waals surface area contributed by atoms with Crippen molar-refractivity contribution in [3.05, 3.63) is 0 Å². The molecule has 0 N–H and O–H groups in total. The normalized spacial score (nSPS) is 23.2. The zero-order valence-corrected chi connectivity index (χ0v) is 11.9. The van der Waals surface area contributed by atoms with Crippen LogP contribution in [0.3, 0.4) is 0 Å². The molecule has 19 heavy (non-hydrogen) atoms. The molecular weight excluding hydrogens is 264 g/mol. The van der Waals surface area contributed by atoms with Gasteiger partial charge >= 0.3 is 10.1 Å². The topological polar surface area (TPSA) is 79.5 Å². The van der Waals surface area contributed by atoms with Crippen molar-refractivity contribution in [2.45, 2.75) is 63.0 Å². The quantitative estimate of drug-likeness (QED) is 0.587. The van der Waals surface area contributed by atoms with Crippen LogP contribution in [-0.4, -0.2) is 19.4 Å². The molecule has 106 valence electrons. The molecule has 5 nitrogen and oxygen atoms in total. The molecule has 0 spiro atoms. The van der Waals surface area contributed by atoms with Gasteiger partial charge in [-0.1, -0.05) is 37.3 Å². The second-order valence-corrected chi connectivity index (χ2v) is 7.20. The molecule has 0 aromatic rings. The summed E-state index contributed by atoms with van der Waals surface area (Å²) in [5.41, 5.74) is 0.233. The molecule has 2 fully saturated rings. The van der Waals surface area contributed by atoms with Gasteiger partial charge in [0.15, 0.2) is 5.71 Å². The van der Waals surface area contributed by atoms with Crippen molar-refractivity contribution in [2.24, 2.45) is 11.1 Å². The van der Waals surface area contributed by atoms with E-state index in [1.807, 2.05) is 6.07 Å². The number of hydrogen-bond acceptors (Lipinski definition) is 5. The Balaban J connectivity index is 2.00. The maximum atomic E-state index is 12.0. The number of nitrogens with zero attached hydrogens (tertiary/aromatic N) is 2. The lowest BCUT2D eigenvalue weighted by molar-refractivity contribution is 0.318. The standard InChI is InChI=1S/C13H20N2O3S/c14-10-13(11-6-4-5-7-11)15-18-19(16,17)12-8-2-1-3-9-12/h11-12H,1-9H2. The Morgan fingerprint density at radius 2 is 1.63 bits per heavy atom. The van der Waals surface area contributed by atoms with Gasteiger partial charge in [0, 0.05) is 5.92 Å². The Labute approximate surface area is 114 Å². The summed E-state index contributed by atoms with van der Waals surface area (Å²) in [5.74, 6) is 0.0755. The summed E-state index contributed by atoms with van der Waals surface area (Å²) in [6.07, 6.45) is 8.16. The van der Waals surface area contributed by atoms with Gasteiger partial charge in [-0.3, -0.25) is 4.28 Å². The average Bonchev–Trinajstić information content (AvgIpc) is 2.94. The first-order valence-corrected chi connectivity index (χ1v) is 8.51. The molecule has 6 heteroatoms. The molecule has 0 unspecified atom stereocenters. The van der Waals surface area contributed by atoms with E-state index in [1.165, 1.54) is 0 Å². The molecule has 0 bridgehead atoms. The first-order valence-electron chi connectivity index (χ1n) is 7.04. The monoisotopic (exact) mass is 284 g/mol. The Morgan fingerprint density at radius 3 is 2.21 bits per heavy atom. The highest BCUT2D eigenvalue weighted by Gasteiger charge is 2.30. The third-order valence-electron chi connectivity index (χ3n) is 4.06. The van der Waals surface area contributed by atoms with Crippen molar-refractivity contribution >= 4 is 15.8 Å². The van der Waals surface area contributed by atoms with Crippen LogP contribution in [0.4, 0.5) is 0 Å². The maximum absolute atomic E-state index is 12.0. The number of hydrogen-bond donors (Lipinski definition) is 0. The summed E-state index contributed by atoms with van der Waals surface area (Å²) in [6, 6.07) is 1.98. The Morgan fingerprint density at radius 1 is 1.05 bits per heavy atom. The second kappa shape index (κ2) is 6.38. The fourth-order valence-corrected chi connectivity index (χ4v) is 4.11. The van der Waals surface area contributed by atoms with E-state index < -0.39 is 15.4 Å². The van der Waals surface area contributed by atoms with Gasteiger partial charge in [-0.25, -0.2) is 0 Å². The molecule has 2 aliphatic carbocycles. The Kier molecular flexibility index (Phi) is 4.81. The minimum absolute atomic E-state index is 0.0755. The van der Waals surface area contributed by atoms with Gasteiger partial charge in [-0.05, 0) is 25.7 Å². The van der Waals surface area contributed by atoms with Crippen molar-refractivity contribution in [2.75, 3.05) is 0 Å². The van der Waals surface area contributed by atoms with Crippen LogP contribution in [0.2, 0.25) is 0 Å². The van der Waals surface area contributed by atoms with E-state index in [4.69, 9.17) is 9.55 Å². The fraction of sp³-hybridized carbons (Fsp3) is 0.846. The van der Waals surface area contributed by atoms with E-state index in [0.717, 1.165) is 44.9 Å². The zero-order chi connectivity index (χ0) is 13.7. The van der Waals surface area contributed by atoms with Crippen molar-refractivity contribution < 1.29 is 12.7 Å². The fourth-order valence-electron chi connectivity index (χ4n) is 2.89. The number of oxime groups is 1. The number of rotatable bonds is 4. The minimum atomic E-state index is -3.66. The predicted molar refractivity (Wildman–Crippen MR) is 71.9 cm³/mol. The molecule has 2 saturated carbocycles. The van der Waals surface area contributed by atoms with Gasteiger partial charge in [0.1, 0.15) is 6.07 Å². The molecule has 0 heterocycles. The molecule has 0 amide bonds. The lowest BCUT2D eigenvalue weighted by atomic mass is 10.0. The molecule has 0 saturated heterocycles. The third kappa shape index (κ3) is 3.69. The molecule has 0 atom stereocenters. The Hall–Kier alpha value is -1.09. The summed E-state index contributed by atoms with van der Waals surface area (Å²) < 4.78 is 28.7. The van der Waals surface area contributed by atoms with E-state index in [-0.39, 0.29) is 11.6 Å². The largest absolute Gasteiger partial charge is 0.331 e. The number of nitriles is 1. The van der Waals surface area contributed by atoms with Crippen LogP contribution in [0.1, 0.15) is 57.8 Å². The van der Waals surface area contributed by atoms with Crippen molar-refractivity contribution in [3.63, 3.8) is 0 Å². The average molecular weight is 284 g/mol. The second-order valence-electron chi connectivity index (χ2n) is 5.40. The minimum Gasteiger partial charge on any atom is -0.267 e. The van der Waals surface area contributed by atoms with Crippen molar-refractivity contribution in [1.29, 1.82) is 5.26 Å². The SMILES string of the molecule is N#CC(=NOS(=O)(=O)C1CCCCC1)C1CCCC1. The smallest absolute Gasteiger partial charge is 0.267 e. The van der Waals surface area contributed by atoms with Crippen LogP contribution >= 0.6 is 0 Å². The zero-order valence-electron chi connectivity index (χ0n) is 11.0. The van der Waals surface area contributed by atoms with Gasteiger partial charge in [0.2, 0.25) is 0 Å². The van der Waals surface area contributed by atoms with E-state index in [1.54, 1.807) is 0 Å². The van der Waals surface area contributed by atoms with Crippen LogP contribution in [0, 0.1) is 17.2 Å². The van der Waals surface area contributed by atoms with Crippen LogP contribution in [0.25, 0.3) is 0 Å². The molecular formula is C13H20N2O3S. The van der Waals surface area contributed by atoms with Gasteiger partial charge < -0.3 is 0 Å². The highest BCUT2D eigenvalue weighted by Crippen LogP contribution is 2.27. The lowest BCUT2D eigenvalue weighted by Crippen LogP contribution is -2.25. The van der Waals surface area contributed by atoms with E-state index in [2.05, 4.69) is 5.16 Å². The van der Waals surface area contributed by atoms with Crippen LogP contribution in [0.15, 0.2) is 5.16 Å². The molecule has 2 rings (SSSR count). The van der Waals surface area contributed by atoms with Crippen LogP contribution in [-0.2, 0) is 14.4 Å². The van der Waals surface area contributed by atoms with Gasteiger partial charge in [-0.2, -0.15) is 13.7 Å². The summed E-state index contributed by atoms with van der Waals surface area (Å²) in [7, 11) is -3.66. The maximum Gasteiger partial charge on any atom is 0.331 e. The molecule has 0 radical (unpaired) electrons.